The maximum atomic E-state index is 13.8. The van der Waals surface area contributed by atoms with Gasteiger partial charge in [-0.05, 0) is 30.7 Å². The van der Waals surface area contributed by atoms with E-state index in [1.54, 1.807) is 37.4 Å². The number of aromatic nitrogens is 5. The number of H-pyrrole nitrogens is 1. The normalized spacial score (nSPS) is 11.6. The van der Waals surface area contributed by atoms with Gasteiger partial charge in [0.1, 0.15) is 17.1 Å². The first-order valence-electron chi connectivity index (χ1n) is 8.61. The summed E-state index contributed by atoms with van der Waals surface area (Å²) in [5.74, 6) is 0.273. The molecule has 0 atom stereocenters. The third-order valence-electron chi connectivity index (χ3n) is 4.01. The number of pyridine rings is 2. The third-order valence-corrected chi connectivity index (χ3v) is 4.01. The summed E-state index contributed by atoms with van der Waals surface area (Å²) in [6, 6.07) is 6.24. The smallest absolute Gasteiger partial charge is 0.418 e. The Kier molecular flexibility index (Phi) is 4.75. The SMILES string of the molecule is CCc1[nH]c2nc(Oc3cccnc3)nc(Oc3cccnc3)c2c1C(F)(F)F. The largest absolute Gasteiger partial charge is 0.436 e. The van der Waals surface area contributed by atoms with Gasteiger partial charge in [-0.1, -0.05) is 6.92 Å². The Labute approximate surface area is 162 Å². The Hall–Kier alpha value is -3.69. The molecule has 1 N–H and O–H groups in total. The number of aromatic amines is 1. The lowest BCUT2D eigenvalue weighted by atomic mass is 10.1. The van der Waals surface area contributed by atoms with Crippen LogP contribution in [0.2, 0.25) is 0 Å². The first kappa shape index (κ1) is 18.7. The topological polar surface area (TPSA) is 85.8 Å². The highest BCUT2D eigenvalue weighted by Gasteiger charge is 2.39. The molecular formula is C19H14F3N5O2. The molecule has 0 bridgehead atoms. The van der Waals surface area contributed by atoms with Gasteiger partial charge in [0, 0.05) is 18.1 Å². The number of aryl methyl sites for hydroxylation is 1. The minimum atomic E-state index is -4.62. The molecule has 0 amide bonds. The monoisotopic (exact) mass is 401 g/mol. The molecule has 0 aromatic carbocycles. The van der Waals surface area contributed by atoms with E-state index in [2.05, 4.69) is 24.9 Å². The van der Waals surface area contributed by atoms with Gasteiger partial charge in [-0.3, -0.25) is 9.97 Å². The predicted octanol–water partition coefficient (Wildman–Crippen LogP) is 4.91. The van der Waals surface area contributed by atoms with Gasteiger partial charge in [0.15, 0.2) is 0 Å². The van der Waals surface area contributed by atoms with Crippen molar-refractivity contribution in [2.24, 2.45) is 0 Å². The first-order chi connectivity index (χ1) is 14.0. The lowest BCUT2D eigenvalue weighted by Gasteiger charge is -2.11. The number of hydrogen-bond donors (Lipinski definition) is 1. The van der Waals surface area contributed by atoms with Crippen molar-refractivity contribution in [2.45, 2.75) is 19.5 Å². The van der Waals surface area contributed by atoms with E-state index in [4.69, 9.17) is 9.47 Å². The van der Waals surface area contributed by atoms with Gasteiger partial charge in [0.05, 0.1) is 23.3 Å². The molecule has 0 unspecified atom stereocenters. The molecule has 0 aliphatic rings. The van der Waals surface area contributed by atoms with Crippen molar-refractivity contribution in [3.8, 4) is 23.4 Å². The van der Waals surface area contributed by atoms with Crippen LogP contribution in [0.4, 0.5) is 13.2 Å². The zero-order chi connectivity index (χ0) is 20.4. The van der Waals surface area contributed by atoms with Crippen LogP contribution >= 0.6 is 0 Å². The van der Waals surface area contributed by atoms with E-state index < -0.39 is 11.7 Å². The van der Waals surface area contributed by atoms with Crippen LogP contribution in [0.15, 0.2) is 49.1 Å². The number of hydrogen-bond acceptors (Lipinski definition) is 6. The molecule has 0 saturated carbocycles. The second kappa shape index (κ2) is 7.38. The third kappa shape index (κ3) is 3.82. The van der Waals surface area contributed by atoms with Crippen molar-refractivity contribution in [3.05, 3.63) is 60.3 Å². The van der Waals surface area contributed by atoms with Crippen molar-refractivity contribution in [1.82, 2.24) is 24.9 Å². The molecule has 4 rings (SSSR count). The van der Waals surface area contributed by atoms with Crippen molar-refractivity contribution in [1.29, 1.82) is 0 Å². The molecule has 0 spiro atoms. The van der Waals surface area contributed by atoms with Crippen molar-refractivity contribution in [3.63, 3.8) is 0 Å². The van der Waals surface area contributed by atoms with Gasteiger partial charge in [0.25, 0.3) is 0 Å². The van der Waals surface area contributed by atoms with Crippen LogP contribution in [0.3, 0.4) is 0 Å². The molecule has 4 aromatic rings. The van der Waals surface area contributed by atoms with Crippen LogP contribution in [0.5, 0.6) is 23.4 Å². The lowest BCUT2D eigenvalue weighted by Crippen LogP contribution is -2.08. The van der Waals surface area contributed by atoms with Crippen LogP contribution < -0.4 is 9.47 Å². The van der Waals surface area contributed by atoms with E-state index in [-0.39, 0.29) is 40.8 Å². The molecule has 0 fully saturated rings. The molecular weight excluding hydrogens is 387 g/mol. The zero-order valence-corrected chi connectivity index (χ0v) is 15.1. The van der Waals surface area contributed by atoms with E-state index in [1.807, 2.05) is 0 Å². The number of fused-ring (bicyclic) bond motifs is 1. The number of nitrogens with one attached hydrogen (secondary N) is 1. The predicted molar refractivity (Wildman–Crippen MR) is 96.9 cm³/mol. The Bertz CT molecular complexity index is 1130. The molecule has 0 aliphatic carbocycles. The van der Waals surface area contributed by atoms with Crippen LogP contribution in [0.1, 0.15) is 18.2 Å². The standard InChI is InChI=1S/C19H14F3N5O2/c1-2-13-15(19(20,21)22)14-16(25-13)26-18(29-12-6-4-8-24-10-12)27-17(14)28-11-5-3-7-23-9-11/h3-10H,2H2,1H3,(H,25,26,27). The van der Waals surface area contributed by atoms with Gasteiger partial charge in [-0.2, -0.15) is 23.1 Å². The minimum absolute atomic E-state index is 0.0173. The second-order valence-electron chi connectivity index (χ2n) is 5.95. The maximum Gasteiger partial charge on any atom is 0.418 e. The van der Waals surface area contributed by atoms with Crippen molar-refractivity contribution in [2.75, 3.05) is 0 Å². The molecule has 0 saturated heterocycles. The highest BCUT2D eigenvalue weighted by molar-refractivity contribution is 5.87. The highest BCUT2D eigenvalue weighted by Crippen LogP contribution is 2.42. The molecule has 0 radical (unpaired) electrons. The fourth-order valence-electron chi connectivity index (χ4n) is 2.82. The molecule has 29 heavy (non-hydrogen) atoms. The van der Waals surface area contributed by atoms with Crippen molar-refractivity contribution >= 4 is 11.0 Å². The van der Waals surface area contributed by atoms with Crippen LogP contribution in [0.25, 0.3) is 11.0 Å². The maximum absolute atomic E-state index is 13.8. The first-order valence-corrected chi connectivity index (χ1v) is 8.61. The molecule has 4 heterocycles. The summed E-state index contributed by atoms with van der Waals surface area (Å²) >= 11 is 0. The summed E-state index contributed by atoms with van der Waals surface area (Å²) < 4.78 is 52.5. The summed E-state index contributed by atoms with van der Waals surface area (Å²) in [4.78, 5) is 18.7. The number of ether oxygens (including phenoxy) is 2. The van der Waals surface area contributed by atoms with Gasteiger partial charge in [-0.15, -0.1) is 0 Å². The van der Waals surface area contributed by atoms with E-state index >= 15 is 0 Å². The van der Waals surface area contributed by atoms with E-state index in [0.717, 1.165) is 0 Å². The van der Waals surface area contributed by atoms with Crippen LogP contribution in [-0.2, 0) is 12.6 Å². The molecule has 0 aliphatic heterocycles. The Morgan fingerprint density at radius 3 is 2.17 bits per heavy atom. The molecule has 10 heteroatoms. The minimum Gasteiger partial charge on any atom is -0.436 e. The summed E-state index contributed by atoms with van der Waals surface area (Å²) in [7, 11) is 0. The highest BCUT2D eigenvalue weighted by atomic mass is 19.4. The van der Waals surface area contributed by atoms with Crippen LogP contribution in [-0.4, -0.2) is 24.9 Å². The van der Waals surface area contributed by atoms with Gasteiger partial charge in [-0.25, -0.2) is 0 Å². The fraction of sp³-hybridized carbons (Fsp3) is 0.158. The quantitative estimate of drug-likeness (QED) is 0.511. The number of halogens is 3. The fourth-order valence-corrected chi connectivity index (χ4v) is 2.82. The summed E-state index contributed by atoms with van der Waals surface area (Å²) in [5, 5.41) is -0.267. The van der Waals surface area contributed by atoms with Crippen LogP contribution in [0, 0.1) is 0 Å². The lowest BCUT2D eigenvalue weighted by molar-refractivity contribution is -0.136. The molecule has 7 nitrogen and oxygen atoms in total. The average molecular weight is 401 g/mol. The molecule has 148 valence electrons. The van der Waals surface area contributed by atoms with E-state index in [9.17, 15) is 13.2 Å². The van der Waals surface area contributed by atoms with Crippen molar-refractivity contribution < 1.29 is 22.6 Å². The second-order valence-corrected chi connectivity index (χ2v) is 5.95. The van der Waals surface area contributed by atoms with Gasteiger partial charge >= 0.3 is 12.2 Å². The summed E-state index contributed by atoms with van der Waals surface area (Å²) in [6.45, 7) is 1.61. The Morgan fingerprint density at radius 1 is 0.966 bits per heavy atom. The van der Waals surface area contributed by atoms with Gasteiger partial charge < -0.3 is 14.5 Å². The number of nitrogens with zero attached hydrogens (tertiary/aromatic N) is 4. The zero-order valence-electron chi connectivity index (χ0n) is 15.1. The Morgan fingerprint density at radius 2 is 1.62 bits per heavy atom. The van der Waals surface area contributed by atoms with E-state index in [1.165, 1.54) is 18.6 Å². The average Bonchev–Trinajstić information content (AvgIpc) is 3.09. The van der Waals surface area contributed by atoms with Gasteiger partial charge in [0.2, 0.25) is 5.88 Å². The van der Waals surface area contributed by atoms with E-state index in [0.29, 0.717) is 5.75 Å². The number of rotatable bonds is 5. The number of alkyl halides is 3. The Balaban J connectivity index is 1.90. The summed E-state index contributed by atoms with van der Waals surface area (Å²) in [5.41, 5.74) is -0.917. The summed E-state index contributed by atoms with van der Waals surface area (Å²) in [6.07, 6.45) is 1.38. The molecule has 4 aromatic heterocycles.